The summed E-state index contributed by atoms with van der Waals surface area (Å²) in [6.45, 7) is 1.65. The molecule has 0 unspecified atom stereocenters. The first-order valence-electron chi connectivity index (χ1n) is 10.3. The van der Waals surface area contributed by atoms with Crippen molar-refractivity contribution in [2.75, 3.05) is 20.2 Å². The maximum atomic E-state index is 11.5. The first-order chi connectivity index (χ1) is 15.0. The Morgan fingerprint density at radius 2 is 2.13 bits per heavy atom. The molecule has 0 spiro atoms. The normalized spacial score (nSPS) is 14.1. The first-order valence-corrected chi connectivity index (χ1v) is 10.7. The van der Waals surface area contributed by atoms with Crippen molar-refractivity contribution >= 4 is 39.3 Å². The Morgan fingerprint density at radius 1 is 1.29 bits per heavy atom. The number of carbonyl (C=O) groups excluding carboxylic acids is 1. The van der Waals surface area contributed by atoms with Crippen molar-refractivity contribution in [3.05, 3.63) is 70.0 Å². The molecule has 2 aromatic carbocycles. The van der Waals surface area contributed by atoms with Crippen LogP contribution in [0.25, 0.3) is 21.8 Å². The molecule has 158 valence electrons. The quantitative estimate of drug-likeness (QED) is 0.500. The first kappa shape index (κ1) is 19.8. The molecule has 0 bridgehead atoms. The van der Waals surface area contributed by atoms with Crippen LogP contribution in [0.5, 0.6) is 5.75 Å². The van der Waals surface area contributed by atoms with Crippen LogP contribution in [0.2, 0.25) is 5.02 Å². The number of methoxy groups -OCH3 is 1. The smallest absolute Gasteiger partial charge is 0.231 e. The van der Waals surface area contributed by atoms with Crippen LogP contribution in [-0.4, -0.2) is 41.0 Å². The molecule has 3 heterocycles. The average Bonchev–Trinajstić information content (AvgIpc) is 3.14. The number of halogens is 1. The molecule has 5 rings (SSSR count). The van der Waals surface area contributed by atoms with E-state index in [1.54, 1.807) is 7.11 Å². The van der Waals surface area contributed by atoms with Crippen molar-refractivity contribution in [2.24, 2.45) is 5.73 Å². The van der Waals surface area contributed by atoms with Gasteiger partial charge in [0.1, 0.15) is 5.75 Å². The highest BCUT2D eigenvalue weighted by Gasteiger charge is 2.24. The number of hydrogen-bond acceptors (Lipinski definition) is 4. The monoisotopic (exact) mass is 434 g/mol. The molecule has 0 fully saturated rings. The molecular weight excluding hydrogens is 412 g/mol. The number of benzene rings is 2. The molecule has 1 amide bonds. The van der Waals surface area contributed by atoms with Crippen LogP contribution in [0, 0.1) is 0 Å². The van der Waals surface area contributed by atoms with Gasteiger partial charge in [0.25, 0.3) is 0 Å². The Bertz CT molecular complexity index is 1310. The third kappa shape index (κ3) is 3.62. The summed E-state index contributed by atoms with van der Waals surface area (Å²) < 4.78 is 5.28. The van der Waals surface area contributed by atoms with E-state index < -0.39 is 0 Å². The van der Waals surface area contributed by atoms with E-state index in [2.05, 4.69) is 28.1 Å². The Hall–Kier alpha value is -3.09. The fourth-order valence-corrected chi connectivity index (χ4v) is 4.84. The Labute approximate surface area is 185 Å². The van der Waals surface area contributed by atoms with Crippen LogP contribution < -0.4 is 10.5 Å². The lowest BCUT2D eigenvalue weighted by molar-refractivity contribution is -0.119. The molecule has 4 aromatic rings. The molecule has 2 aromatic heterocycles. The minimum absolute atomic E-state index is 0.246. The summed E-state index contributed by atoms with van der Waals surface area (Å²) in [5.74, 6) is 0.339. The second kappa shape index (κ2) is 7.87. The standard InChI is InChI=1S/C24H23ClN4O2/c1-31-21-7-6-14(10-17(21)25)11-19-24-23(15-4-2-3-5-18(15)28-24)16-8-9-29(13-22(26)30)12-20(16)27-19/h2-7,10,28H,8-9,11-13H2,1H3,(H2,26,30). The number of H-pyrrole nitrogens is 1. The highest BCUT2D eigenvalue weighted by Crippen LogP contribution is 2.35. The SMILES string of the molecule is COc1ccc(Cc2nc3c(c4c2[nH]c2ccccc24)CCN(CC(N)=O)C3)cc1Cl. The molecule has 0 atom stereocenters. The van der Waals surface area contributed by atoms with Gasteiger partial charge >= 0.3 is 0 Å². The minimum Gasteiger partial charge on any atom is -0.495 e. The van der Waals surface area contributed by atoms with Crippen molar-refractivity contribution in [3.63, 3.8) is 0 Å². The molecule has 1 aliphatic rings. The van der Waals surface area contributed by atoms with E-state index in [0.29, 0.717) is 23.7 Å². The molecule has 7 heteroatoms. The van der Waals surface area contributed by atoms with Crippen LogP contribution in [0.15, 0.2) is 42.5 Å². The lowest BCUT2D eigenvalue weighted by Gasteiger charge is -2.28. The number of hydrogen-bond donors (Lipinski definition) is 2. The lowest BCUT2D eigenvalue weighted by atomic mass is 9.96. The summed E-state index contributed by atoms with van der Waals surface area (Å²) in [7, 11) is 1.61. The number of para-hydroxylation sites is 1. The van der Waals surface area contributed by atoms with Crippen molar-refractivity contribution in [3.8, 4) is 5.75 Å². The zero-order chi connectivity index (χ0) is 21.5. The summed E-state index contributed by atoms with van der Waals surface area (Å²) in [6.07, 6.45) is 1.47. The Morgan fingerprint density at radius 3 is 2.90 bits per heavy atom. The number of aromatic nitrogens is 2. The molecule has 0 radical (unpaired) electrons. The van der Waals surface area contributed by atoms with Gasteiger partial charge in [-0.3, -0.25) is 14.7 Å². The lowest BCUT2D eigenvalue weighted by Crippen LogP contribution is -2.38. The summed E-state index contributed by atoms with van der Waals surface area (Å²) in [6, 6.07) is 14.2. The number of rotatable bonds is 5. The molecule has 31 heavy (non-hydrogen) atoms. The number of aromatic amines is 1. The third-order valence-corrected chi connectivity index (χ3v) is 6.23. The van der Waals surface area contributed by atoms with Crippen molar-refractivity contribution < 1.29 is 9.53 Å². The maximum Gasteiger partial charge on any atom is 0.231 e. The number of pyridine rings is 1. The van der Waals surface area contributed by atoms with Crippen molar-refractivity contribution in [1.82, 2.24) is 14.9 Å². The number of carbonyl (C=O) groups is 1. The van der Waals surface area contributed by atoms with E-state index in [4.69, 9.17) is 27.1 Å². The summed E-state index contributed by atoms with van der Waals surface area (Å²) in [5.41, 5.74) is 11.9. The highest BCUT2D eigenvalue weighted by molar-refractivity contribution is 6.32. The second-order valence-electron chi connectivity index (χ2n) is 7.98. The van der Waals surface area contributed by atoms with E-state index >= 15 is 0 Å². The average molecular weight is 435 g/mol. The summed E-state index contributed by atoms with van der Waals surface area (Å²) in [4.78, 5) is 22.2. The summed E-state index contributed by atoms with van der Waals surface area (Å²) >= 11 is 6.36. The second-order valence-corrected chi connectivity index (χ2v) is 8.38. The molecule has 6 nitrogen and oxygen atoms in total. The predicted molar refractivity (Wildman–Crippen MR) is 123 cm³/mol. The molecule has 1 aliphatic heterocycles. The zero-order valence-electron chi connectivity index (χ0n) is 17.2. The van der Waals surface area contributed by atoms with Crippen LogP contribution in [0.4, 0.5) is 0 Å². The summed E-state index contributed by atoms with van der Waals surface area (Å²) in [5, 5.41) is 3.01. The van der Waals surface area contributed by atoms with E-state index in [1.165, 1.54) is 16.3 Å². The Kier molecular flexibility index (Phi) is 5.04. The van der Waals surface area contributed by atoms with Crippen molar-refractivity contribution in [2.45, 2.75) is 19.4 Å². The van der Waals surface area contributed by atoms with E-state index in [0.717, 1.165) is 41.0 Å². The topological polar surface area (TPSA) is 84.2 Å². The fourth-order valence-electron chi connectivity index (χ4n) is 4.56. The minimum atomic E-state index is -0.315. The molecule has 0 saturated heterocycles. The maximum absolute atomic E-state index is 11.5. The van der Waals surface area contributed by atoms with Gasteiger partial charge in [0.05, 0.1) is 35.6 Å². The van der Waals surface area contributed by atoms with Gasteiger partial charge in [-0.25, -0.2) is 0 Å². The number of nitrogens with two attached hydrogens (primary N) is 1. The largest absolute Gasteiger partial charge is 0.495 e. The van der Waals surface area contributed by atoms with Gasteiger partial charge in [-0.05, 0) is 35.7 Å². The third-order valence-electron chi connectivity index (χ3n) is 5.93. The van der Waals surface area contributed by atoms with Crippen LogP contribution in [0.3, 0.4) is 0 Å². The number of amides is 1. The van der Waals surface area contributed by atoms with Crippen LogP contribution >= 0.6 is 11.6 Å². The van der Waals surface area contributed by atoms with Gasteiger partial charge in [-0.2, -0.15) is 0 Å². The van der Waals surface area contributed by atoms with E-state index in [1.807, 2.05) is 24.3 Å². The molecular formula is C24H23ClN4O2. The number of ether oxygens (including phenoxy) is 1. The van der Waals surface area contributed by atoms with Crippen LogP contribution in [0.1, 0.15) is 22.5 Å². The number of fused-ring (bicyclic) bond motifs is 5. The molecule has 3 N–H and O–H groups in total. The van der Waals surface area contributed by atoms with Gasteiger partial charge in [-0.1, -0.05) is 35.9 Å². The van der Waals surface area contributed by atoms with Crippen molar-refractivity contribution in [1.29, 1.82) is 0 Å². The molecule has 0 saturated carbocycles. The van der Waals surface area contributed by atoms with Gasteiger partial charge in [0, 0.05) is 35.8 Å². The zero-order valence-corrected chi connectivity index (χ0v) is 18.0. The van der Waals surface area contributed by atoms with E-state index in [9.17, 15) is 4.79 Å². The molecule has 0 aliphatic carbocycles. The van der Waals surface area contributed by atoms with E-state index in [-0.39, 0.29) is 12.5 Å². The Balaban J connectivity index is 1.65. The number of primary amides is 1. The van der Waals surface area contributed by atoms with Gasteiger partial charge in [0.2, 0.25) is 5.91 Å². The van der Waals surface area contributed by atoms with Crippen LogP contribution in [-0.2, 0) is 24.2 Å². The highest BCUT2D eigenvalue weighted by atomic mass is 35.5. The van der Waals surface area contributed by atoms with Gasteiger partial charge < -0.3 is 15.5 Å². The van der Waals surface area contributed by atoms with Gasteiger partial charge in [0.15, 0.2) is 0 Å². The number of nitrogens with zero attached hydrogens (tertiary/aromatic N) is 2. The van der Waals surface area contributed by atoms with Gasteiger partial charge in [-0.15, -0.1) is 0 Å². The number of nitrogens with one attached hydrogen (secondary N) is 1. The fraction of sp³-hybridized carbons (Fsp3) is 0.250. The predicted octanol–water partition coefficient (Wildman–Crippen LogP) is 3.81.